The molecular formula is C20H20N6O3S. The van der Waals surface area contributed by atoms with Crippen molar-refractivity contribution in [1.82, 2.24) is 19.9 Å². The molecule has 0 fully saturated rings. The van der Waals surface area contributed by atoms with Crippen LogP contribution in [0.3, 0.4) is 0 Å². The van der Waals surface area contributed by atoms with Crippen molar-refractivity contribution in [2.45, 2.75) is 13.0 Å². The highest BCUT2D eigenvalue weighted by Crippen LogP contribution is 2.28. The summed E-state index contributed by atoms with van der Waals surface area (Å²) in [4.78, 5) is 40.2. The average molecular weight is 424 g/mol. The minimum absolute atomic E-state index is 0.0904. The molecule has 0 atom stereocenters. The summed E-state index contributed by atoms with van der Waals surface area (Å²) in [5.41, 5.74) is 1.89. The van der Waals surface area contributed by atoms with Crippen LogP contribution in [-0.4, -0.2) is 51.9 Å². The summed E-state index contributed by atoms with van der Waals surface area (Å²) in [5.74, 6) is 0.257. The van der Waals surface area contributed by atoms with E-state index in [1.165, 1.54) is 29.9 Å². The molecule has 2 aromatic heterocycles. The number of nitrogens with one attached hydrogen (secondary N) is 2. The van der Waals surface area contributed by atoms with Gasteiger partial charge < -0.3 is 10.1 Å². The Bertz CT molecular complexity index is 1060. The van der Waals surface area contributed by atoms with E-state index in [-0.39, 0.29) is 24.1 Å². The lowest BCUT2D eigenvalue weighted by atomic mass is 10.2. The number of ether oxygens (including phenoxy) is 1. The summed E-state index contributed by atoms with van der Waals surface area (Å²) in [7, 11) is 1.59. The fourth-order valence-electron chi connectivity index (χ4n) is 3.12. The van der Waals surface area contributed by atoms with Crippen molar-refractivity contribution >= 4 is 34.0 Å². The van der Waals surface area contributed by atoms with Crippen LogP contribution in [0.5, 0.6) is 5.75 Å². The predicted octanol–water partition coefficient (Wildman–Crippen LogP) is 2.19. The van der Waals surface area contributed by atoms with Gasteiger partial charge in [0.2, 0.25) is 5.91 Å². The summed E-state index contributed by atoms with van der Waals surface area (Å²) in [6.45, 7) is 1.61. The fourth-order valence-corrected chi connectivity index (χ4v) is 4.16. The molecule has 0 unspecified atom stereocenters. The molecule has 154 valence electrons. The first kappa shape index (κ1) is 19.9. The Labute approximate surface area is 177 Å². The molecule has 30 heavy (non-hydrogen) atoms. The molecule has 0 spiro atoms. The highest BCUT2D eigenvalue weighted by atomic mass is 32.1. The van der Waals surface area contributed by atoms with E-state index in [2.05, 4.69) is 30.5 Å². The second kappa shape index (κ2) is 8.97. The normalized spacial score (nSPS) is 13.4. The van der Waals surface area contributed by atoms with E-state index in [0.29, 0.717) is 23.1 Å². The minimum atomic E-state index is -0.344. The number of anilines is 2. The van der Waals surface area contributed by atoms with Gasteiger partial charge in [0.05, 0.1) is 25.5 Å². The molecule has 1 aliphatic rings. The molecule has 10 heteroatoms. The molecular weight excluding hydrogens is 404 g/mol. The Hall–Kier alpha value is -3.37. The Balaban J connectivity index is 1.34. The molecule has 2 amide bonds. The fraction of sp³-hybridized carbons (Fsp3) is 0.250. The smallest absolute Gasteiger partial charge is 0.277 e. The van der Waals surface area contributed by atoms with Crippen LogP contribution in [0.1, 0.15) is 21.1 Å². The number of methoxy groups -OCH3 is 1. The summed E-state index contributed by atoms with van der Waals surface area (Å²) < 4.78 is 5.18. The predicted molar refractivity (Wildman–Crippen MR) is 113 cm³/mol. The third-order valence-corrected chi connectivity index (χ3v) is 5.55. The number of fused-ring (bicyclic) bond motifs is 1. The van der Waals surface area contributed by atoms with Crippen molar-refractivity contribution in [3.63, 3.8) is 0 Å². The zero-order valence-corrected chi connectivity index (χ0v) is 17.1. The van der Waals surface area contributed by atoms with Crippen LogP contribution in [-0.2, 0) is 17.8 Å². The van der Waals surface area contributed by atoms with E-state index >= 15 is 0 Å². The van der Waals surface area contributed by atoms with Crippen LogP contribution in [0.4, 0.5) is 10.8 Å². The number of thiazole rings is 1. The number of hydrogen-bond acceptors (Lipinski definition) is 8. The zero-order chi connectivity index (χ0) is 20.9. The lowest BCUT2D eigenvalue weighted by Crippen LogP contribution is -2.36. The van der Waals surface area contributed by atoms with E-state index in [0.717, 1.165) is 23.5 Å². The third-order valence-electron chi connectivity index (χ3n) is 4.55. The van der Waals surface area contributed by atoms with Gasteiger partial charge in [-0.05, 0) is 12.1 Å². The molecule has 0 radical (unpaired) electrons. The van der Waals surface area contributed by atoms with E-state index < -0.39 is 0 Å². The SMILES string of the molecule is COc1cccc(NC(=O)CN2CCc3nc(NC(=O)c4cnccn4)sc3C2)c1. The Kier molecular flexibility index (Phi) is 5.96. The maximum absolute atomic E-state index is 12.4. The molecule has 0 aliphatic carbocycles. The molecule has 3 heterocycles. The van der Waals surface area contributed by atoms with Crippen molar-refractivity contribution in [3.05, 3.63) is 59.1 Å². The molecule has 1 aromatic carbocycles. The average Bonchev–Trinajstić information content (AvgIpc) is 3.15. The van der Waals surface area contributed by atoms with Gasteiger partial charge >= 0.3 is 0 Å². The summed E-state index contributed by atoms with van der Waals surface area (Å²) in [5, 5.41) is 6.19. The van der Waals surface area contributed by atoms with Gasteiger partial charge in [-0.25, -0.2) is 9.97 Å². The van der Waals surface area contributed by atoms with Crippen molar-refractivity contribution in [2.24, 2.45) is 0 Å². The molecule has 0 saturated heterocycles. The van der Waals surface area contributed by atoms with Crippen molar-refractivity contribution in [1.29, 1.82) is 0 Å². The lowest BCUT2D eigenvalue weighted by Gasteiger charge is -2.25. The summed E-state index contributed by atoms with van der Waals surface area (Å²) in [6, 6.07) is 7.26. The molecule has 1 aliphatic heterocycles. The van der Waals surface area contributed by atoms with Crippen LogP contribution in [0.2, 0.25) is 0 Å². The quantitative estimate of drug-likeness (QED) is 0.624. The number of nitrogens with zero attached hydrogens (tertiary/aromatic N) is 4. The van der Waals surface area contributed by atoms with Gasteiger partial charge in [-0.1, -0.05) is 6.07 Å². The topological polar surface area (TPSA) is 109 Å². The van der Waals surface area contributed by atoms with Crippen LogP contribution < -0.4 is 15.4 Å². The molecule has 0 saturated carbocycles. The highest BCUT2D eigenvalue weighted by Gasteiger charge is 2.23. The largest absolute Gasteiger partial charge is 0.497 e. The van der Waals surface area contributed by atoms with Gasteiger partial charge in [-0.2, -0.15) is 0 Å². The van der Waals surface area contributed by atoms with Gasteiger partial charge in [-0.3, -0.25) is 24.8 Å². The van der Waals surface area contributed by atoms with Gasteiger partial charge in [-0.15, -0.1) is 11.3 Å². The zero-order valence-electron chi connectivity index (χ0n) is 16.3. The first-order valence-corrected chi connectivity index (χ1v) is 10.1. The Morgan fingerprint density at radius 3 is 2.97 bits per heavy atom. The number of aromatic nitrogens is 3. The van der Waals surface area contributed by atoms with E-state index in [1.807, 2.05) is 18.2 Å². The molecule has 4 rings (SSSR count). The summed E-state index contributed by atoms with van der Waals surface area (Å²) >= 11 is 1.42. The van der Waals surface area contributed by atoms with Crippen molar-refractivity contribution in [2.75, 3.05) is 30.8 Å². The first-order chi connectivity index (χ1) is 14.6. The number of amides is 2. The second-order valence-electron chi connectivity index (χ2n) is 6.67. The molecule has 9 nitrogen and oxygen atoms in total. The van der Waals surface area contributed by atoms with Crippen molar-refractivity contribution in [3.8, 4) is 5.75 Å². The van der Waals surface area contributed by atoms with Gasteiger partial charge in [0, 0.05) is 48.5 Å². The van der Waals surface area contributed by atoms with Crippen LogP contribution in [0.15, 0.2) is 42.9 Å². The maximum atomic E-state index is 12.4. The standard InChI is InChI=1S/C20H20N6O3S/c1-29-14-4-2-3-13(9-14)23-18(27)12-26-8-5-15-17(11-26)30-20(24-15)25-19(28)16-10-21-6-7-22-16/h2-4,6-7,9-10H,5,8,11-12H2,1H3,(H,23,27)(H,24,25,28). The first-order valence-electron chi connectivity index (χ1n) is 9.33. The third kappa shape index (κ3) is 4.78. The Morgan fingerprint density at radius 2 is 2.17 bits per heavy atom. The van der Waals surface area contributed by atoms with Gasteiger partial charge in [0.1, 0.15) is 11.4 Å². The summed E-state index contributed by atoms with van der Waals surface area (Å²) in [6.07, 6.45) is 5.11. The van der Waals surface area contributed by atoms with E-state index in [1.54, 1.807) is 13.2 Å². The van der Waals surface area contributed by atoms with Crippen molar-refractivity contribution < 1.29 is 14.3 Å². The molecule has 0 bridgehead atoms. The second-order valence-corrected chi connectivity index (χ2v) is 7.76. The van der Waals surface area contributed by atoms with E-state index in [9.17, 15) is 9.59 Å². The lowest BCUT2D eigenvalue weighted by molar-refractivity contribution is -0.117. The minimum Gasteiger partial charge on any atom is -0.497 e. The number of rotatable bonds is 6. The van der Waals surface area contributed by atoms with Gasteiger partial charge in [0.25, 0.3) is 5.91 Å². The van der Waals surface area contributed by atoms with Crippen LogP contribution in [0, 0.1) is 0 Å². The highest BCUT2D eigenvalue weighted by molar-refractivity contribution is 7.15. The number of benzene rings is 1. The van der Waals surface area contributed by atoms with Crippen LogP contribution in [0.25, 0.3) is 0 Å². The molecule has 3 aromatic rings. The number of carbonyl (C=O) groups excluding carboxylic acids is 2. The van der Waals surface area contributed by atoms with Gasteiger partial charge in [0.15, 0.2) is 5.13 Å². The maximum Gasteiger partial charge on any atom is 0.277 e. The Morgan fingerprint density at radius 1 is 1.27 bits per heavy atom. The number of carbonyl (C=O) groups is 2. The number of hydrogen-bond donors (Lipinski definition) is 2. The van der Waals surface area contributed by atoms with Crippen LogP contribution >= 0.6 is 11.3 Å². The molecule has 2 N–H and O–H groups in total. The van der Waals surface area contributed by atoms with E-state index in [4.69, 9.17) is 4.74 Å². The monoisotopic (exact) mass is 424 g/mol.